The van der Waals surface area contributed by atoms with Crippen molar-refractivity contribution < 1.29 is 9.53 Å². The molecular weight excluding hydrogens is 180 g/mol. The summed E-state index contributed by atoms with van der Waals surface area (Å²) in [7, 11) is 0. The molecule has 1 rings (SSSR count). The zero-order chi connectivity index (χ0) is 10.6. The normalized spacial score (nSPS) is 21.9. The Balaban J connectivity index is 2.25. The van der Waals surface area contributed by atoms with E-state index in [9.17, 15) is 4.79 Å². The highest BCUT2D eigenvalue weighted by atomic mass is 16.5. The van der Waals surface area contributed by atoms with Gasteiger partial charge in [0.25, 0.3) is 0 Å². The zero-order valence-electron chi connectivity index (χ0n) is 9.08. The summed E-state index contributed by atoms with van der Waals surface area (Å²) in [5, 5.41) is 0. The standard InChI is InChI=1S/C10H20N2O2/c1-3-14-9(13)8-12-6-4-10(2,11)5-7-12/h3-8,11H2,1-2H3. The Morgan fingerprint density at radius 2 is 2.07 bits per heavy atom. The molecule has 0 aromatic heterocycles. The summed E-state index contributed by atoms with van der Waals surface area (Å²) in [4.78, 5) is 13.3. The topological polar surface area (TPSA) is 55.6 Å². The minimum Gasteiger partial charge on any atom is -0.465 e. The van der Waals surface area contributed by atoms with E-state index in [1.165, 1.54) is 0 Å². The van der Waals surface area contributed by atoms with Crippen LogP contribution in [0.5, 0.6) is 0 Å². The van der Waals surface area contributed by atoms with Crippen LogP contribution in [-0.2, 0) is 9.53 Å². The summed E-state index contributed by atoms with van der Waals surface area (Å²) < 4.78 is 4.88. The number of carbonyl (C=O) groups excluding carboxylic acids is 1. The molecule has 0 aromatic rings. The zero-order valence-corrected chi connectivity index (χ0v) is 9.08. The van der Waals surface area contributed by atoms with E-state index in [4.69, 9.17) is 10.5 Å². The Hall–Kier alpha value is -0.610. The molecule has 0 atom stereocenters. The summed E-state index contributed by atoms with van der Waals surface area (Å²) in [6.07, 6.45) is 1.90. The highest BCUT2D eigenvalue weighted by Gasteiger charge is 2.26. The van der Waals surface area contributed by atoms with Gasteiger partial charge < -0.3 is 10.5 Å². The van der Waals surface area contributed by atoms with Gasteiger partial charge in [0.05, 0.1) is 13.2 Å². The van der Waals surface area contributed by atoms with E-state index >= 15 is 0 Å². The number of esters is 1. The molecule has 1 fully saturated rings. The molecule has 1 heterocycles. The molecule has 0 unspecified atom stereocenters. The summed E-state index contributed by atoms with van der Waals surface area (Å²) in [6, 6.07) is 0. The van der Waals surface area contributed by atoms with Gasteiger partial charge in [-0.1, -0.05) is 0 Å². The van der Waals surface area contributed by atoms with Crippen LogP contribution >= 0.6 is 0 Å². The van der Waals surface area contributed by atoms with Crippen LogP contribution in [0.3, 0.4) is 0 Å². The van der Waals surface area contributed by atoms with Crippen LogP contribution in [0.15, 0.2) is 0 Å². The molecule has 4 heteroatoms. The molecule has 0 radical (unpaired) electrons. The molecule has 2 N–H and O–H groups in total. The lowest BCUT2D eigenvalue weighted by molar-refractivity contribution is -0.144. The van der Waals surface area contributed by atoms with Gasteiger partial charge in [-0.2, -0.15) is 0 Å². The fourth-order valence-corrected chi connectivity index (χ4v) is 1.61. The van der Waals surface area contributed by atoms with Crippen molar-refractivity contribution in [1.82, 2.24) is 4.90 Å². The Morgan fingerprint density at radius 3 is 2.57 bits per heavy atom. The van der Waals surface area contributed by atoms with Crippen LogP contribution in [0.2, 0.25) is 0 Å². The second kappa shape index (κ2) is 4.75. The Kier molecular flexibility index (Phi) is 3.89. The number of nitrogens with zero attached hydrogens (tertiary/aromatic N) is 1. The summed E-state index contributed by atoms with van der Waals surface area (Å²) in [5.41, 5.74) is 5.94. The quantitative estimate of drug-likeness (QED) is 0.668. The van der Waals surface area contributed by atoms with Crippen LogP contribution in [0.4, 0.5) is 0 Å². The average molecular weight is 200 g/mol. The van der Waals surface area contributed by atoms with Crippen molar-refractivity contribution in [2.75, 3.05) is 26.2 Å². The lowest BCUT2D eigenvalue weighted by Gasteiger charge is -2.36. The van der Waals surface area contributed by atoms with Crippen molar-refractivity contribution in [3.05, 3.63) is 0 Å². The molecule has 4 nitrogen and oxygen atoms in total. The fraction of sp³-hybridized carbons (Fsp3) is 0.900. The molecule has 1 saturated heterocycles. The summed E-state index contributed by atoms with van der Waals surface area (Å²) in [6.45, 7) is 6.54. The van der Waals surface area contributed by atoms with Gasteiger partial charge in [-0.15, -0.1) is 0 Å². The Morgan fingerprint density at radius 1 is 1.50 bits per heavy atom. The van der Waals surface area contributed by atoms with Gasteiger partial charge in [0.2, 0.25) is 0 Å². The second-order valence-electron chi connectivity index (χ2n) is 4.24. The van der Waals surface area contributed by atoms with Crippen molar-refractivity contribution in [3.63, 3.8) is 0 Å². The molecule has 82 valence electrons. The van der Waals surface area contributed by atoms with Crippen LogP contribution in [0.1, 0.15) is 26.7 Å². The first-order chi connectivity index (χ1) is 6.53. The van der Waals surface area contributed by atoms with E-state index in [1.54, 1.807) is 0 Å². The maximum atomic E-state index is 11.2. The fourth-order valence-electron chi connectivity index (χ4n) is 1.61. The van der Waals surface area contributed by atoms with Crippen LogP contribution in [0, 0.1) is 0 Å². The van der Waals surface area contributed by atoms with Gasteiger partial charge >= 0.3 is 5.97 Å². The third kappa shape index (κ3) is 3.64. The minimum absolute atomic E-state index is 0.0504. The number of nitrogens with two attached hydrogens (primary N) is 1. The van der Waals surface area contributed by atoms with Gasteiger partial charge in [-0.3, -0.25) is 9.69 Å². The van der Waals surface area contributed by atoms with E-state index in [1.807, 2.05) is 6.92 Å². The first kappa shape index (κ1) is 11.5. The molecule has 0 amide bonds. The van der Waals surface area contributed by atoms with E-state index in [0.717, 1.165) is 25.9 Å². The van der Waals surface area contributed by atoms with Crippen LogP contribution < -0.4 is 5.73 Å². The molecular formula is C10H20N2O2. The average Bonchev–Trinajstić information content (AvgIpc) is 2.09. The van der Waals surface area contributed by atoms with Gasteiger partial charge in [-0.25, -0.2) is 0 Å². The van der Waals surface area contributed by atoms with E-state index < -0.39 is 0 Å². The van der Waals surface area contributed by atoms with E-state index in [0.29, 0.717) is 13.2 Å². The Labute approximate surface area is 85.4 Å². The number of rotatable bonds is 3. The summed E-state index contributed by atoms with van der Waals surface area (Å²) in [5.74, 6) is -0.131. The molecule has 0 aliphatic carbocycles. The number of hydrogen-bond acceptors (Lipinski definition) is 4. The molecule has 0 bridgehead atoms. The highest BCUT2D eigenvalue weighted by molar-refractivity contribution is 5.71. The van der Waals surface area contributed by atoms with Crippen LogP contribution in [0.25, 0.3) is 0 Å². The van der Waals surface area contributed by atoms with Crippen molar-refractivity contribution in [1.29, 1.82) is 0 Å². The molecule has 0 saturated carbocycles. The largest absolute Gasteiger partial charge is 0.465 e. The van der Waals surface area contributed by atoms with Crippen molar-refractivity contribution in [2.24, 2.45) is 5.73 Å². The lowest BCUT2D eigenvalue weighted by atomic mass is 9.91. The Bertz CT molecular complexity index is 194. The van der Waals surface area contributed by atoms with Crippen molar-refractivity contribution in [2.45, 2.75) is 32.2 Å². The van der Waals surface area contributed by atoms with Crippen molar-refractivity contribution in [3.8, 4) is 0 Å². The SMILES string of the molecule is CCOC(=O)CN1CCC(C)(N)CC1. The van der Waals surface area contributed by atoms with Crippen LogP contribution in [-0.4, -0.2) is 42.6 Å². The second-order valence-corrected chi connectivity index (χ2v) is 4.24. The number of ether oxygens (including phenoxy) is 1. The summed E-state index contributed by atoms with van der Waals surface area (Å²) >= 11 is 0. The van der Waals surface area contributed by atoms with Gasteiger partial charge in [0, 0.05) is 18.6 Å². The highest BCUT2D eigenvalue weighted by Crippen LogP contribution is 2.18. The lowest BCUT2D eigenvalue weighted by Crippen LogP contribution is -2.49. The van der Waals surface area contributed by atoms with Gasteiger partial charge in [0.15, 0.2) is 0 Å². The minimum atomic E-state index is -0.131. The number of carbonyl (C=O) groups is 1. The predicted molar refractivity (Wildman–Crippen MR) is 54.9 cm³/mol. The first-order valence-corrected chi connectivity index (χ1v) is 5.20. The number of piperidine rings is 1. The monoisotopic (exact) mass is 200 g/mol. The van der Waals surface area contributed by atoms with E-state index in [-0.39, 0.29) is 11.5 Å². The first-order valence-electron chi connectivity index (χ1n) is 5.20. The maximum absolute atomic E-state index is 11.2. The predicted octanol–water partition coefficient (Wildman–Crippen LogP) is 0.363. The van der Waals surface area contributed by atoms with Gasteiger partial charge in [0.1, 0.15) is 0 Å². The molecule has 0 aromatic carbocycles. The molecule has 1 aliphatic rings. The molecule has 14 heavy (non-hydrogen) atoms. The van der Waals surface area contributed by atoms with E-state index in [2.05, 4.69) is 11.8 Å². The molecule has 0 spiro atoms. The third-order valence-corrected chi connectivity index (χ3v) is 2.66. The van der Waals surface area contributed by atoms with Gasteiger partial charge in [-0.05, 0) is 26.7 Å². The van der Waals surface area contributed by atoms with Crippen molar-refractivity contribution >= 4 is 5.97 Å². The molecule has 1 aliphatic heterocycles. The maximum Gasteiger partial charge on any atom is 0.320 e. The third-order valence-electron chi connectivity index (χ3n) is 2.66. The smallest absolute Gasteiger partial charge is 0.320 e. The number of likely N-dealkylation sites (tertiary alicyclic amines) is 1. The number of hydrogen-bond donors (Lipinski definition) is 1.